The van der Waals surface area contributed by atoms with Crippen LogP contribution in [0.15, 0.2) is 30.0 Å². The zero-order chi connectivity index (χ0) is 12.1. The van der Waals surface area contributed by atoms with Gasteiger partial charge in [-0.15, -0.1) is 0 Å². The van der Waals surface area contributed by atoms with Crippen LogP contribution in [0.1, 0.15) is 18.1 Å². The summed E-state index contributed by atoms with van der Waals surface area (Å²) in [6, 6.07) is 7.26. The quantitative estimate of drug-likeness (QED) is 0.738. The minimum Gasteiger partial charge on any atom is -0.543 e. The molecule has 0 bridgehead atoms. The predicted octanol–water partition coefficient (Wildman–Crippen LogP) is 0.222. The number of hydrogen-bond acceptors (Lipinski definition) is 3. The summed E-state index contributed by atoms with van der Waals surface area (Å²) < 4.78 is 0. The van der Waals surface area contributed by atoms with Gasteiger partial charge in [-0.1, -0.05) is 24.3 Å². The van der Waals surface area contributed by atoms with Gasteiger partial charge in [0.25, 0.3) is 0 Å². The van der Waals surface area contributed by atoms with E-state index in [2.05, 4.69) is 5.32 Å². The number of carboxylic acids is 1. The highest BCUT2D eigenvalue weighted by Crippen LogP contribution is 2.10. The molecule has 1 aromatic rings. The van der Waals surface area contributed by atoms with Crippen molar-refractivity contribution in [2.75, 3.05) is 0 Å². The van der Waals surface area contributed by atoms with Gasteiger partial charge < -0.3 is 15.2 Å². The first-order valence-corrected chi connectivity index (χ1v) is 4.77. The molecule has 0 heterocycles. The molecule has 0 aliphatic heterocycles. The molecule has 1 N–H and O–H groups in total. The van der Waals surface area contributed by atoms with Crippen LogP contribution >= 0.6 is 0 Å². The van der Waals surface area contributed by atoms with Crippen molar-refractivity contribution in [1.82, 2.24) is 5.32 Å². The molecule has 0 saturated heterocycles. The van der Waals surface area contributed by atoms with E-state index in [-0.39, 0.29) is 5.70 Å². The Kier molecular flexibility index (Phi) is 3.83. The third-order valence-electron chi connectivity index (χ3n) is 2.02. The number of nitrogens with one attached hydrogen (secondary N) is 1. The lowest BCUT2D eigenvalue weighted by molar-refractivity contribution is -0.299. The molecule has 0 radical (unpaired) electrons. The van der Waals surface area contributed by atoms with Gasteiger partial charge in [-0.2, -0.15) is 0 Å². The van der Waals surface area contributed by atoms with Crippen molar-refractivity contribution >= 4 is 18.0 Å². The van der Waals surface area contributed by atoms with Gasteiger partial charge in [0.1, 0.15) is 0 Å². The number of aliphatic carboxylic acids is 1. The van der Waals surface area contributed by atoms with Crippen LogP contribution in [0, 0.1) is 6.92 Å². The summed E-state index contributed by atoms with van der Waals surface area (Å²) in [5.41, 5.74) is 1.42. The number of hydrogen-bond donors (Lipinski definition) is 1. The molecular weight excluding hydrogens is 206 g/mol. The van der Waals surface area contributed by atoms with Crippen LogP contribution in [-0.4, -0.2) is 11.9 Å². The third kappa shape index (κ3) is 3.24. The average molecular weight is 218 g/mol. The molecule has 4 nitrogen and oxygen atoms in total. The molecule has 16 heavy (non-hydrogen) atoms. The highest BCUT2D eigenvalue weighted by atomic mass is 16.4. The van der Waals surface area contributed by atoms with Gasteiger partial charge in [0.05, 0.1) is 11.7 Å². The van der Waals surface area contributed by atoms with Gasteiger partial charge in [-0.25, -0.2) is 0 Å². The lowest BCUT2D eigenvalue weighted by Crippen LogP contribution is -2.34. The fraction of sp³-hybridized carbons (Fsp3) is 0.167. The molecule has 0 atom stereocenters. The summed E-state index contributed by atoms with van der Waals surface area (Å²) in [4.78, 5) is 21.5. The summed E-state index contributed by atoms with van der Waals surface area (Å²) in [5, 5.41) is 13.0. The van der Waals surface area contributed by atoms with E-state index < -0.39 is 11.9 Å². The first-order chi connectivity index (χ1) is 7.50. The van der Waals surface area contributed by atoms with Crippen LogP contribution in [0.5, 0.6) is 0 Å². The first-order valence-electron chi connectivity index (χ1n) is 4.77. The molecule has 84 valence electrons. The summed E-state index contributed by atoms with van der Waals surface area (Å²) >= 11 is 0. The summed E-state index contributed by atoms with van der Waals surface area (Å²) in [5.74, 6) is -1.84. The average Bonchev–Trinajstić information content (AvgIpc) is 2.19. The van der Waals surface area contributed by atoms with Crippen molar-refractivity contribution in [1.29, 1.82) is 0 Å². The van der Waals surface area contributed by atoms with E-state index in [4.69, 9.17) is 0 Å². The molecule has 1 aromatic carbocycles. The van der Waals surface area contributed by atoms with Crippen LogP contribution in [0.3, 0.4) is 0 Å². The zero-order valence-corrected chi connectivity index (χ0v) is 9.11. The maximum Gasteiger partial charge on any atom is 0.221 e. The molecule has 0 aliphatic carbocycles. The monoisotopic (exact) mass is 218 g/mol. The first kappa shape index (κ1) is 12.0. The smallest absolute Gasteiger partial charge is 0.221 e. The molecule has 0 spiro atoms. The van der Waals surface area contributed by atoms with E-state index in [1.807, 2.05) is 19.1 Å². The van der Waals surface area contributed by atoms with Crippen molar-refractivity contribution in [2.45, 2.75) is 13.8 Å². The van der Waals surface area contributed by atoms with Gasteiger partial charge in [-0.05, 0) is 24.1 Å². The molecule has 1 rings (SSSR count). The molecular formula is C12H12NO3-. The molecule has 4 heteroatoms. The number of carbonyl (C=O) groups is 2. The van der Waals surface area contributed by atoms with Gasteiger partial charge in [0.2, 0.25) is 5.91 Å². The Morgan fingerprint density at radius 3 is 2.44 bits per heavy atom. The second kappa shape index (κ2) is 5.11. The highest BCUT2D eigenvalue weighted by molar-refractivity contribution is 5.95. The Balaban J connectivity index is 3.07. The number of aryl methyl sites for hydroxylation is 1. The Bertz CT molecular complexity index is 449. The van der Waals surface area contributed by atoms with E-state index in [0.29, 0.717) is 0 Å². The van der Waals surface area contributed by atoms with E-state index in [1.54, 1.807) is 12.1 Å². The van der Waals surface area contributed by atoms with E-state index in [1.165, 1.54) is 13.0 Å². The minimum atomic E-state index is -1.40. The largest absolute Gasteiger partial charge is 0.543 e. The van der Waals surface area contributed by atoms with E-state index >= 15 is 0 Å². The lowest BCUT2D eigenvalue weighted by Gasteiger charge is -2.09. The Morgan fingerprint density at radius 1 is 1.31 bits per heavy atom. The van der Waals surface area contributed by atoms with Crippen molar-refractivity contribution < 1.29 is 14.7 Å². The topological polar surface area (TPSA) is 69.2 Å². The van der Waals surface area contributed by atoms with Gasteiger partial charge >= 0.3 is 0 Å². The Morgan fingerprint density at radius 2 is 1.94 bits per heavy atom. The Labute approximate surface area is 93.6 Å². The number of carboxylic acid groups (broad SMARTS) is 1. The number of carbonyl (C=O) groups excluding carboxylic acids is 2. The number of benzene rings is 1. The van der Waals surface area contributed by atoms with Crippen LogP contribution in [0.2, 0.25) is 0 Å². The van der Waals surface area contributed by atoms with E-state index in [9.17, 15) is 14.7 Å². The molecule has 0 aromatic heterocycles. The van der Waals surface area contributed by atoms with Crippen LogP contribution < -0.4 is 10.4 Å². The van der Waals surface area contributed by atoms with Gasteiger partial charge in [-0.3, -0.25) is 4.79 Å². The van der Waals surface area contributed by atoms with Crippen LogP contribution in [0.25, 0.3) is 6.08 Å². The fourth-order valence-corrected chi connectivity index (χ4v) is 1.24. The molecule has 0 unspecified atom stereocenters. The van der Waals surface area contributed by atoms with Crippen LogP contribution in [0.4, 0.5) is 0 Å². The third-order valence-corrected chi connectivity index (χ3v) is 2.02. The summed E-state index contributed by atoms with van der Waals surface area (Å²) in [6.45, 7) is 3.10. The normalized spacial score (nSPS) is 11.0. The summed E-state index contributed by atoms with van der Waals surface area (Å²) in [7, 11) is 0. The van der Waals surface area contributed by atoms with E-state index in [0.717, 1.165) is 11.1 Å². The maximum atomic E-state index is 10.8. The molecule has 0 saturated carbocycles. The molecule has 0 fully saturated rings. The minimum absolute atomic E-state index is 0.234. The standard InChI is InChI=1S/C12H13NO3/c1-8-5-3-4-6-10(8)7-11(12(15)16)13-9(2)14/h3-7H,1-2H3,(H,13,14)(H,15,16)/p-1/b11-7-. The highest BCUT2D eigenvalue weighted by Gasteiger charge is 2.02. The second-order valence-electron chi connectivity index (χ2n) is 3.38. The predicted molar refractivity (Wildman–Crippen MR) is 58.0 cm³/mol. The number of amides is 1. The SMILES string of the molecule is CC(=O)N/C(=C\c1ccccc1C)C(=O)[O-]. The zero-order valence-electron chi connectivity index (χ0n) is 9.11. The van der Waals surface area contributed by atoms with Crippen molar-refractivity contribution in [3.8, 4) is 0 Å². The fourth-order valence-electron chi connectivity index (χ4n) is 1.24. The van der Waals surface area contributed by atoms with Crippen molar-refractivity contribution in [3.05, 3.63) is 41.1 Å². The Hall–Kier alpha value is -2.10. The molecule has 0 aliphatic rings. The maximum absolute atomic E-state index is 10.8. The van der Waals surface area contributed by atoms with Crippen molar-refractivity contribution in [3.63, 3.8) is 0 Å². The number of rotatable bonds is 3. The van der Waals surface area contributed by atoms with Gasteiger partial charge in [0.15, 0.2) is 0 Å². The lowest BCUT2D eigenvalue weighted by atomic mass is 10.1. The van der Waals surface area contributed by atoms with Crippen LogP contribution in [-0.2, 0) is 9.59 Å². The van der Waals surface area contributed by atoms with Crippen molar-refractivity contribution in [2.24, 2.45) is 0 Å². The summed E-state index contributed by atoms with van der Waals surface area (Å²) in [6.07, 6.45) is 1.38. The van der Waals surface area contributed by atoms with Gasteiger partial charge in [0, 0.05) is 6.92 Å². The second-order valence-corrected chi connectivity index (χ2v) is 3.38. The molecule has 1 amide bonds.